The Kier molecular flexibility index (Phi) is 6.08. The van der Waals surface area contributed by atoms with Gasteiger partial charge in [-0.05, 0) is 12.8 Å². The normalized spacial score (nSPS) is 25.9. The highest BCUT2D eigenvalue weighted by atomic mass is 16.5. The lowest BCUT2D eigenvalue weighted by molar-refractivity contribution is -0.127. The fourth-order valence-corrected chi connectivity index (χ4v) is 4.20. The molecule has 2 heterocycles. The molecule has 0 bridgehead atoms. The van der Waals surface area contributed by atoms with Crippen LogP contribution in [0.5, 0.6) is 0 Å². The topological polar surface area (TPSA) is 73.9 Å². The summed E-state index contributed by atoms with van der Waals surface area (Å²) in [6, 6.07) is 0. The second-order valence-electron chi connectivity index (χ2n) is 7.22. The first-order valence-electron chi connectivity index (χ1n) is 9.27. The average molecular weight is 338 g/mol. The number of rotatable bonds is 5. The summed E-state index contributed by atoms with van der Waals surface area (Å²) in [5, 5.41) is 5.94. The van der Waals surface area contributed by atoms with Gasteiger partial charge in [0.05, 0.1) is 26.3 Å². The number of nitrogens with zero attached hydrogens (tertiary/aromatic N) is 2. The summed E-state index contributed by atoms with van der Waals surface area (Å²) < 4.78 is 5.50. The highest BCUT2D eigenvalue weighted by Gasteiger charge is 2.38. The number of morpholine rings is 1. The molecule has 2 N–H and O–H groups in total. The molecule has 0 spiro atoms. The zero-order valence-electron chi connectivity index (χ0n) is 14.5. The summed E-state index contributed by atoms with van der Waals surface area (Å²) in [5.74, 6) is 0.0361. The Hall–Kier alpha value is -1.18. The highest BCUT2D eigenvalue weighted by molar-refractivity contribution is 5.81. The smallest absolute Gasteiger partial charge is 0.234 e. The molecule has 3 fully saturated rings. The molecule has 0 aromatic carbocycles. The van der Waals surface area contributed by atoms with Crippen LogP contribution >= 0.6 is 0 Å². The summed E-state index contributed by atoms with van der Waals surface area (Å²) in [6.45, 7) is 6.22. The van der Waals surface area contributed by atoms with E-state index >= 15 is 0 Å². The molecule has 7 heteroatoms. The molecule has 0 unspecified atom stereocenters. The zero-order chi connectivity index (χ0) is 16.8. The maximum Gasteiger partial charge on any atom is 0.234 e. The van der Waals surface area contributed by atoms with Gasteiger partial charge in [0.25, 0.3) is 0 Å². The van der Waals surface area contributed by atoms with E-state index in [0.29, 0.717) is 26.2 Å². The lowest BCUT2D eigenvalue weighted by atomic mass is 9.79. The molecule has 2 saturated heterocycles. The van der Waals surface area contributed by atoms with E-state index in [0.717, 1.165) is 45.7 Å². The Morgan fingerprint density at radius 3 is 2.62 bits per heavy atom. The molecule has 1 saturated carbocycles. The molecule has 0 aromatic rings. The average Bonchev–Trinajstić information content (AvgIpc) is 2.62. The quantitative estimate of drug-likeness (QED) is 0.712. The van der Waals surface area contributed by atoms with E-state index in [1.165, 1.54) is 19.3 Å². The SMILES string of the molecule is O=C1CN(CC(=O)NCC2(N3CCOCC3)CCCCC2)CCN1. The minimum absolute atomic E-state index is 0.00566. The molecule has 7 nitrogen and oxygen atoms in total. The van der Waals surface area contributed by atoms with Gasteiger partial charge in [-0.2, -0.15) is 0 Å². The van der Waals surface area contributed by atoms with Crippen LogP contribution in [0.1, 0.15) is 32.1 Å². The number of amides is 2. The maximum absolute atomic E-state index is 12.4. The van der Waals surface area contributed by atoms with Crippen LogP contribution in [0.25, 0.3) is 0 Å². The third kappa shape index (κ3) is 4.46. The molecule has 2 amide bonds. The number of ether oxygens (including phenoxy) is 1. The molecule has 0 atom stereocenters. The number of carbonyl (C=O) groups is 2. The van der Waals surface area contributed by atoms with Crippen LogP contribution in [0.4, 0.5) is 0 Å². The van der Waals surface area contributed by atoms with Gasteiger partial charge >= 0.3 is 0 Å². The lowest BCUT2D eigenvalue weighted by Gasteiger charge is -2.48. The maximum atomic E-state index is 12.4. The molecule has 24 heavy (non-hydrogen) atoms. The van der Waals surface area contributed by atoms with Crippen LogP contribution in [0.15, 0.2) is 0 Å². The van der Waals surface area contributed by atoms with Crippen molar-refractivity contribution >= 4 is 11.8 Å². The van der Waals surface area contributed by atoms with E-state index in [2.05, 4.69) is 15.5 Å². The minimum atomic E-state index is 0.00566. The predicted octanol–water partition coefficient (Wildman–Crippen LogP) is -0.430. The van der Waals surface area contributed by atoms with Crippen molar-refractivity contribution < 1.29 is 14.3 Å². The number of carbonyl (C=O) groups excluding carboxylic acids is 2. The summed E-state index contributed by atoms with van der Waals surface area (Å²) in [4.78, 5) is 28.2. The first-order chi connectivity index (χ1) is 11.7. The van der Waals surface area contributed by atoms with Crippen molar-refractivity contribution in [2.45, 2.75) is 37.6 Å². The van der Waals surface area contributed by atoms with Gasteiger partial charge in [-0.3, -0.25) is 19.4 Å². The molecule has 0 radical (unpaired) electrons. The third-order valence-corrected chi connectivity index (χ3v) is 5.57. The number of hydrogen-bond acceptors (Lipinski definition) is 5. The Morgan fingerprint density at radius 1 is 1.17 bits per heavy atom. The van der Waals surface area contributed by atoms with Crippen molar-refractivity contribution in [1.82, 2.24) is 20.4 Å². The molecule has 136 valence electrons. The molecule has 3 rings (SSSR count). The van der Waals surface area contributed by atoms with Crippen molar-refractivity contribution in [3.8, 4) is 0 Å². The van der Waals surface area contributed by atoms with Gasteiger partial charge in [-0.15, -0.1) is 0 Å². The first-order valence-corrected chi connectivity index (χ1v) is 9.27. The van der Waals surface area contributed by atoms with E-state index in [1.54, 1.807) is 0 Å². The largest absolute Gasteiger partial charge is 0.379 e. The zero-order valence-corrected chi connectivity index (χ0v) is 14.5. The van der Waals surface area contributed by atoms with Crippen molar-refractivity contribution in [3.05, 3.63) is 0 Å². The van der Waals surface area contributed by atoms with Gasteiger partial charge in [0.2, 0.25) is 11.8 Å². The van der Waals surface area contributed by atoms with E-state index < -0.39 is 0 Å². The van der Waals surface area contributed by atoms with Gasteiger partial charge in [0.15, 0.2) is 0 Å². The van der Waals surface area contributed by atoms with Crippen LogP contribution in [-0.4, -0.2) is 86.2 Å². The molecule has 3 aliphatic rings. The fraction of sp³-hybridized carbons (Fsp3) is 0.882. The Labute approximate surface area is 144 Å². The Morgan fingerprint density at radius 2 is 1.92 bits per heavy atom. The van der Waals surface area contributed by atoms with Crippen molar-refractivity contribution in [2.75, 3.05) is 59.0 Å². The molecule has 1 aliphatic carbocycles. The van der Waals surface area contributed by atoms with E-state index in [1.807, 2.05) is 4.90 Å². The standard InChI is InChI=1S/C17H30N4O3/c22-15-12-20(7-6-18-15)13-16(23)19-14-17(4-2-1-3-5-17)21-8-10-24-11-9-21/h1-14H2,(H,18,22)(H,19,23). The summed E-state index contributed by atoms with van der Waals surface area (Å²) in [7, 11) is 0. The van der Waals surface area contributed by atoms with Gasteiger partial charge in [0.1, 0.15) is 0 Å². The van der Waals surface area contributed by atoms with Crippen LogP contribution in [0.3, 0.4) is 0 Å². The first kappa shape index (κ1) is 17.6. The molecule has 0 aromatic heterocycles. The van der Waals surface area contributed by atoms with E-state index in [9.17, 15) is 9.59 Å². The molecular weight excluding hydrogens is 308 g/mol. The second-order valence-corrected chi connectivity index (χ2v) is 7.22. The minimum Gasteiger partial charge on any atom is -0.379 e. The van der Waals surface area contributed by atoms with Gasteiger partial charge < -0.3 is 15.4 Å². The Bertz CT molecular complexity index is 445. The lowest BCUT2D eigenvalue weighted by Crippen LogP contribution is -2.60. The van der Waals surface area contributed by atoms with Crippen molar-refractivity contribution in [3.63, 3.8) is 0 Å². The number of hydrogen-bond donors (Lipinski definition) is 2. The second kappa shape index (κ2) is 8.27. The van der Waals surface area contributed by atoms with Gasteiger partial charge in [-0.25, -0.2) is 0 Å². The van der Waals surface area contributed by atoms with E-state index in [4.69, 9.17) is 4.74 Å². The molecule has 2 aliphatic heterocycles. The molecular formula is C17H30N4O3. The van der Waals surface area contributed by atoms with Gasteiger partial charge in [0, 0.05) is 38.3 Å². The van der Waals surface area contributed by atoms with Crippen LogP contribution in [0.2, 0.25) is 0 Å². The van der Waals surface area contributed by atoms with Crippen LogP contribution in [-0.2, 0) is 14.3 Å². The summed E-state index contributed by atoms with van der Waals surface area (Å²) >= 11 is 0. The number of piperazine rings is 1. The van der Waals surface area contributed by atoms with Crippen molar-refractivity contribution in [1.29, 1.82) is 0 Å². The highest BCUT2D eigenvalue weighted by Crippen LogP contribution is 2.33. The monoisotopic (exact) mass is 338 g/mol. The summed E-state index contributed by atoms with van der Waals surface area (Å²) in [5.41, 5.74) is 0.0942. The van der Waals surface area contributed by atoms with Crippen LogP contribution < -0.4 is 10.6 Å². The predicted molar refractivity (Wildman–Crippen MR) is 90.7 cm³/mol. The summed E-state index contributed by atoms with van der Waals surface area (Å²) in [6.07, 6.45) is 6.07. The van der Waals surface area contributed by atoms with Crippen molar-refractivity contribution in [2.24, 2.45) is 0 Å². The Balaban J connectivity index is 1.52. The van der Waals surface area contributed by atoms with E-state index in [-0.39, 0.29) is 17.4 Å². The number of nitrogens with one attached hydrogen (secondary N) is 2. The van der Waals surface area contributed by atoms with Crippen LogP contribution in [0, 0.1) is 0 Å². The third-order valence-electron chi connectivity index (χ3n) is 5.57. The van der Waals surface area contributed by atoms with Gasteiger partial charge in [-0.1, -0.05) is 19.3 Å². The fourth-order valence-electron chi connectivity index (χ4n) is 4.20.